The molecule has 0 spiro atoms. The molecule has 2 atom stereocenters. The second-order valence-electron chi connectivity index (χ2n) is 5.09. The Bertz CT molecular complexity index is 648. The summed E-state index contributed by atoms with van der Waals surface area (Å²) in [6.45, 7) is 1.30. The molecule has 1 fully saturated rings. The molecule has 102 valence electrons. The van der Waals surface area contributed by atoms with Gasteiger partial charge in [-0.15, -0.1) is 0 Å². The summed E-state index contributed by atoms with van der Waals surface area (Å²) in [5, 5.41) is 20.0. The number of aliphatic hydroxyl groups is 1. The fourth-order valence-corrected chi connectivity index (χ4v) is 4.59. The van der Waals surface area contributed by atoms with E-state index in [1.54, 1.807) is 6.07 Å². The molecule has 0 aliphatic carbocycles. The van der Waals surface area contributed by atoms with E-state index in [0.717, 1.165) is 0 Å². The van der Waals surface area contributed by atoms with E-state index >= 15 is 0 Å². The Morgan fingerprint density at radius 2 is 2.11 bits per heavy atom. The summed E-state index contributed by atoms with van der Waals surface area (Å²) in [6.07, 6.45) is 0.00711. The van der Waals surface area contributed by atoms with Crippen molar-refractivity contribution in [3.8, 4) is 6.07 Å². The van der Waals surface area contributed by atoms with Gasteiger partial charge in [-0.25, -0.2) is 12.8 Å². The summed E-state index contributed by atoms with van der Waals surface area (Å²) in [5.74, 6) is -1.25. The van der Waals surface area contributed by atoms with Gasteiger partial charge in [-0.3, -0.25) is 0 Å². The topological polar surface area (TPSA) is 78.2 Å². The first-order valence-electron chi connectivity index (χ1n) is 5.83. The fraction of sp³-hybridized carbons (Fsp3) is 0.462. The molecule has 0 radical (unpaired) electrons. The highest BCUT2D eigenvalue weighted by atomic mass is 32.2. The van der Waals surface area contributed by atoms with Gasteiger partial charge < -0.3 is 5.11 Å². The second kappa shape index (κ2) is 4.29. The molecule has 1 aliphatic heterocycles. The van der Waals surface area contributed by atoms with Gasteiger partial charge in [0, 0.05) is 5.56 Å². The van der Waals surface area contributed by atoms with Crippen molar-refractivity contribution in [1.82, 2.24) is 0 Å². The monoisotopic (exact) mass is 283 g/mol. The van der Waals surface area contributed by atoms with Gasteiger partial charge in [-0.1, -0.05) is 18.2 Å². The lowest BCUT2D eigenvalue weighted by atomic mass is 9.70. The molecule has 4 nitrogen and oxygen atoms in total. The molecule has 1 aliphatic rings. The van der Waals surface area contributed by atoms with E-state index in [2.05, 4.69) is 0 Å². The Morgan fingerprint density at radius 1 is 1.47 bits per heavy atom. The van der Waals surface area contributed by atoms with Crippen molar-refractivity contribution < 1.29 is 17.9 Å². The lowest BCUT2D eigenvalue weighted by Gasteiger charge is -2.36. The van der Waals surface area contributed by atoms with Crippen LogP contribution < -0.4 is 0 Å². The van der Waals surface area contributed by atoms with E-state index in [1.165, 1.54) is 25.1 Å². The van der Waals surface area contributed by atoms with Crippen LogP contribution in [0.2, 0.25) is 0 Å². The minimum absolute atomic E-state index is 0.00711. The average molecular weight is 283 g/mol. The number of halogens is 1. The van der Waals surface area contributed by atoms with Crippen LogP contribution in [-0.2, 0) is 15.4 Å². The van der Waals surface area contributed by atoms with Crippen LogP contribution in [0.4, 0.5) is 4.39 Å². The van der Waals surface area contributed by atoms with Gasteiger partial charge >= 0.3 is 0 Å². The van der Waals surface area contributed by atoms with E-state index in [0.29, 0.717) is 0 Å². The number of nitriles is 1. The summed E-state index contributed by atoms with van der Waals surface area (Å²) >= 11 is 0. The third kappa shape index (κ3) is 2.13. The Kier molecular flexibility index (Phi) is 3.15. The largest absolute Gasteiger partial charge is 0.384 e. The lowest BCUT2D eigenvalue weighted by Crippen LogP contribution is -2.44. The number of rotatable bonds is 2. The van der Waals surface area contributed by atoms with Crippen LogP contribution in [0.15, 0.2) is 24.3 Å². The highest BCUT2D eigenvalue weighted by molar-refractivity contribution is 7.91. The molecule has 0 bridgehead atoms. The molecule has 1 N–H and O–H groups in total. The van der Waals surface area contributed by atoms with Crippen molar-refractivity contribution in [2.45, 2.75) is 18.9 Å². The highest BCUT2D eigenvalue weighted by Crippen LogP contribution is 2.47. The molecule has 1 heterocycles. The molecule has 2 unspecified atom stereocenters. The molecule has 6 heteroatoms. The molecule has 19 heavy (non-hydrogen) atoms. The molecule has 1 aromatic rings. The van der Waals surface area contributed by atoms with E-state index in [-0.39, 0.29) is 17.7 Å². The molecule has 0 saturated carbocycles. The number of benzene rings is 1. The molecule has 0 amide bonds. The maximum absolute atomic E-state index is 13.8. The second-order valence-corrected chi connectivity index (χ2v) is 7.27. The summed E-state index contributed by atoms with van der Waals surface area (Å²) in [7, 11) is -3.37. The minimum atomic E-state index is -3.37. The van der Waals surface area contributed by atoms with Crippen LogP contribution in [0, 0.1) is 22.6 Å². The lowest BCUT2D eigenvalue weighted by molar-refractivity contribution is -0.0351. The quantitative estimate of drug-likeness (QED) is 0.889. The first-order valence-corrected chi connectivity index (χ1v) is 7.65. The van der Waals surface area contributed by atoms with Crippen LogP contribution in [0.3, 0.4) is 0 Å². The van der Waals surface area contributed by atoms with Crippen molar-refractivity contribution in [1.29, 1.82) is 5.26 Å². The average Bonchev–Trinajstić information content (AvgIpc) is 2.67. The van der Waals surface area contributed by atoms with Crippen molar-refractivity contribution in [3.63, 3.8) is 0 Å². The highest BCUT2D eigenvalue weighted by Gasteiger charge is 2.56. The Balaban J connectivity index is 2.56. The zero-order valence-electron chi connectivity index (χ0n) is 10.4. The maximum atomic E-state index is 13.8. The fourth-order valence-electron chi connectivity index (χ4n) is 2.54. The Morgan fingerprint density at radius 3 is 2.58 bits per heavy atom. The van der Waals surface area contributed by atoms with E-state index in [4.69, 9.17) is 0 Å². The molecule has 2 rings (SSSR count). The summed E-state index contributed by atoms with van der Waals surface area (Å²) in [4.78, 5) is 0. The van der Waals surface area contributed by atoms with E-state index in [9.17, 15) is 23.2 Å². The van der Waals surface area contributed by atoms with Crippen molar-refractivity contribution >= 4 is 9.84 Å². The maximum Gasteiger partial charge on any atom is 0.152 e. The van der Waals surface area contributed by atoms with Crippen LogP contribution in [0.25, 0.3) is 0 Å². The van der Waals surface area contributed by atoms with E-state index in [1.807, 2.05) is 6.07 Å². The van der Waals surface area contributed by atoms with Crippen molar-refractivity contribution in [2.75, 3.05) is 11.5 Å². The SMILES string of the molecule is CC(O)(c1ccccc1F)C1(C#N)CCS(=O)(=O)C1. The predicted octanol–water partition coefficient (Wildman–Crippen LogP) is 1.36. The number of sulfone groups is 1. The van der Waals surface area contributed by atoms with E-state index < -0.39 is 32.4 Å². The van der Waals surface area contributed by atoms with Gasteiger partial charge in [-0.2, -0.15) is 5.26 Å². The molecular weight excluding hydrogens is 269 g/mol. The smallest absolute Gasteiger partial charge is 0.152 e. The molecular formula is C13H14FNO3S. The molecule has 0 aromatic heterocycles. The number of hydrogen-bond donors (Lipinski definition) is 1. The van der Waals surface area contributed by atoms with Gasteiger partial charge in [0.15, 0.2) is 9.84 Å². The minimum Gasteiger partial charge on any atom is -0.384 e. The Hall–Kier alpha value is -1.45. The number of hydrogen-bond acceptors (Lipinski definition) is 4. The first-order chi connectivity index (χ1) is 8.74. The van der Waals surface area contributed by atoms with Crippen LogP contribution in [-0.4, -0.2) is 25.0 Å². The Labute approximate surface area is 111 Å². The third-order valence-electron chi connectivity index (χ3n) is 3.85. The van der Waals surface area contributed by atoms with Gasteiger partial charge in [0.25, 0.3) is 0 Å². The standard InChI is InChI=1S/C13H14FNO3S/c1-12(16,10-4-2-3-5-11(10)14)13(8-15)6-7-19(17,18)9-13/h2-5,16H,6-7,9H2,1H3. The zero-order valence-corrected chi connectivity index (χ0v) is 11.2. The van der Waals surface area contributed by atoms with Gasteiger partial charge in [-0.05, 0) is 19.4 Å². The zero-order chi connectivity index (χ0) is 14.3. The van der Waals surface area contributed by atoms with Crippen LogP contribution in [0.1, 0.15) is 18.9 Å². The van der Waals surface area contributed by atoms with Gasteiger partial charge in [0.1, 0.15) is 16.8 Å². The summed E-state index contributed by atoms with van der Waals surface area (Å²) in [6, 6.07) is 7.47. The third-order valence-corrected chi connectivity index (χ3v) is 5.61. The van der Waals surface area contributed by atoms with Crippen molar-refractivity contribution in [3.05, 3.63) is 35.6 Å². The van der Waals surface area contributed by atoms with Gasteiger partial charge in [0.05, 0.1) is 17.6 Å². The molecule has 1 saturated heterocycles. The normalized spacial score (nSPS) is 28.5. The van der Waals surface area contributed by atoms with Crippen LogP contribution in [0.5, 0.6) is 0 Å². The summed E-state index contributed by atoms with van der Waals surface area (Å²) < 4.78 is 37.0. The van der Waals surface area contributed by atoms with Crippen molar-refractivity contribution in [2.24, 2.45) is 5.41 Å². The predicted molar refractivity (Wildman–Crippen MR) is 67.3 cm³/mol. The van der Waals surface area contributed by atoms with Gasteiger partial charge in [0.2, 0.25) is 0 Å². The number of nitrogens with zero attached hydrogens (tertiary/aromatic N) is 1. The van der Waals surface area contributed by atoms with Crippen LogP contribution >= 0.6 is 0 Å². The first kappa shape index (κ1) is 14.0. The summed E-state index contributed by atoms with van der Waals surface area (Å²) in [5.41, 5.74) is -3.40. The molecule has 1 aromatic carbocycles.